The molecule has 0 amide bonds. The zero-order valence-corrected chi connectivity index (χ0v) is 21.9. The maximum absolute atomic E-state index is 6.55. The van der Waals surface area contributed by atoms with Crippen LogP contribution >= 0.6 is 0 Å². The third-order valence-electron chi connectivity index (χ3n) is 6.93. The zero-order chi connectivity index (χ0) is 24.3. The molecule has 0 spiro atoms. The highest BCUT2D eigenvalue weighted by Crippen LogP contribution is 2.20. The van der Waals surface area contributed by atoms with Crippen LogP contribution in [-0.2, 0) is 17.8 Å². The first-order valence-electron chi connectivity index (χ1n) is 12.6. The molecular weight excluding hydrogens is 440 g/mol. The fourth-order valence-electron chi connectivity index (χ4n) is 4.63. The minimum absolute atomic E-state index is 0.149. The van der Waals surface area contributed by atoms with Crippen molar-refractivity contribution in [1.82, 2.24) is 0 Å². The monoisotopic (exact) mass is 476 g/mol. The van der Waals surface area contributed by atoms with E-state index in [0.717, 1.165) is 12.8 Å². The smallest absolute Gasteiger partial charge is 0.137 e. The molecule has 4 rings (SSSR count). The highest BCUT2D eigenvalue weighted by atomic mass is 28.3. The van der Waals surface area contributed by atoms with Crippen molar-refractivity contribution in [3.8, 4) is 0 Å². The van der Waals surface area contributed by atoms with Crippen molar-refractivity contribution in [1.29, 1.82) is 0 Å². The summed E-state index contributed by atoms with van der Waals surface area (Å²) < 4.78 is 6.55. The third-order valence-corrected chi connectivity index (χ3v) is 10.9. The summed E-state index contributed by atoms with van der Waals surface area (Å²) >= 11 is 0. The molecule has 0 heterocycles. The van der Waals surface area contributed by atoms with Gasteiger partial charge in [-0.05, 0) is 29.9 Å². The van der Waals surface area contributed by atoms with Gasteiger partial charge in [-0.2, -0.15) is 0 Å². The van der Waals surface area contributed by atoms with Gasteiger partial charge in [0.1, 0.15) is 8.07 Å². The van der Waals surface area contributed by atoms with Gasteiger partial charge in [-0.1, -0.05) is 157 Å². The van der Waals surface area contributed by atoms with Crippen LogP contribution in [0.1, 0.15) is 24.5 Å². The second kappa shape index (κ2) is 12.5. The highest BCUT2D eigenvalue weighted by molar-refractivity contribution is 7.05. The normalized spacial score (nSPS) is 13.5. The van der Waals surface area contributed by atoms with Crippen molar-refractivity contribution >= 4 is 18.4 Å². The van der Waals surface area contributed by atoms with Gasteiger partial charge in [0.25, 0.3) is 0 Å². The van der Waals surface area contributed by atoms with Gasteiger partial charge in [-0.3, -0.25) is 0 Å². The number of hydrogen-bond donors (Lipinski definition) is 0. The average molecular weight is 477 g/mol. The van der Waals surface area contributed by atoms with Crippen molar-refractivity contribution in [2.24, 2.45) is 5.92 Å². The van der Waals surface area contributed by atoms with Crippen LogP contribution in [0.15, 0.2) is 133 Å². The van der Waals surface area contributed by atoms with E-state index in [4.69, 9.17) is 4.74 Å². The standard InChI is InChI=1S/C33H36OSi/c1-28(25-26-35(2,31-19-11-5-12-20-31)32-21-13-6-14-22-32)33(24-23-29-15-7-3-8-16-29)34-27-30-17-9-4-10-18-30/h3-22,25-26,28,33H,23-24,27H2,1-2H3/b26-25+/t28-,33-/m1/s1. The lowest BCUT2D eigenvalue weighted by Crippen LogP contribution is -2.54. The second-order valence-electron chi connectivity index (χ2n) is 9.51. The third kappa shape index (κ3) is 6.91. The molecule has 2 heteroatoms. The summed E-state index contributed by atoms with van der Waals surface area (Å²) in [7, 11) is -2.02. The molecule has 0 aliphatic carbocycles. The van der Waals surface area contributed by atoms with Crippen LogP contribution in [-0.4, -0.2) is 14.2 Å². The van der Waals surface area contributed by atoms with Gasteiger partial charge in [0.15, 0.2) is 0 Å². The molecule has 2 atom stereocenters. The Bertz CT molecular complexity index is 1070. The zero-order valence-electron chi connectivity index (χ0n) is 20.9. The quantitative estimate of drug-likeness (QED) is 0.216. The van der Waals surface area contributed by atoms with Crippen molar-refractivity contribution in [3.05, 3.63) is 144 Å². The van der Waals surface area contributed by atoms with Gasteiger partial charge in [0, 0.05) is 0 Å². The van der Waals surface area contributed by atoms with Crippen LogP contribution in [0.25, 0.3) is 0 Å². The number of benzene rings is 4. The van der Waals surface area contributed by atoms with Gasteiger partial charge in [0.05, 0.1) is 12.7 Å². The van der Waals surface area contributed by atoms with E-state index in [1.165, 1.54) is 21.5 Å². The first-order valence-corrected chi connectivity index (χ1v) is 15.2. The van der Waals surface area contributed by atoms with Crippen molar-refractivity contribution in [2.45, 2.75) is 39.0 Å². The fraction of sp³-hybridized carbons (Fsp3) is 0.212. The molecule has 4 aromatic carbocycles. The lowest BCUT2D eigenvalue weighted by Gasteiger charge is -2.27. The van der Waals surface area contributed by atoms with Crippen LogP contribution in [0.5, 0.6) is 0 Å². The second-order valence-corrected chi connectivity index (χ2v) is 13.4. The van der Waals surface area contributed by atoms with Gasteiger partial charge in [-0.15, -0.1) is 0 Å². The van der Waals surface area contributed by atoms with Crippen molar-refractivity contribution in [3.63, 3.8) is 0 Å². The molecule has 0 aliphatic heterocycles. The van der Waals surface area contributed by atoms with Crippen LogP contribution in [0.4, 0.5) is 0 Å². The number of rotatable bonds is 11. The summed E-state index contributed by atoms with van der Waals surface area (Å²) in [6, 6.07) is 43.2. The molecule has 0 aromatic heterocycles. The molecule has 0 fully saturated rings. The van der Waals surface area contributed by atoms with Crippen LogP contribution in [0, 0.1) is 5.92 Å². The first kappa shape index (κ1) is 24.9. The maximum Gasteiger partial charge on any atom is 0.137 e. The Labute approximate surface area is 212 Å². The lowest BCUT2D eigenvalue weighted by molar-refractivity contribution is 0.0127. The van der Waals surface area contributed by atoms with E-state index < -0.39 is 8.07 Å². The van der Waals surface area contributed by atoms with E-state index in [9.17, 15) is 0 Å². The predicted molar refractivity (Wildman–Crippen MR) is 152 cm³/mol. The van der Waals surface area contributed by atoms with Gasteiger partial charge in [-0.25, -0.2) is 0 Å². The summed E-state index contributed by atoms with van der Waals surface area (Å²) in [6.07, 6.45) is 4.59. The molecule has 0 radical (unpaired) electrons. The largest absolute Gasteiger partial charge is 0.373 e. The summed E-state index contributed by atoms with van der Waals surface area (Å²) in [6.45, 7) is 5.40. The van der Waals surface area contributed by atoms with Gasteiger partial charge < -0.3 is 4.74 Å². The first-order chi connectivity index (χ1) is 17.1. The Morgan fingerprint density at radius 2 is 1.11 bits per heavy atom. The molecule has 0 unspecified atom stereocenters. The van der Waals surface area contributed by atoms with E-state index in [-0.39, 0.29) is 6.10 Å². The van der Waals surface area contributed by atoms with Crippen LogP contribution < -0.4 is 10.4 Å². The summed E-state index contributed by atoms with van der Waals surface area (Å²) in [5, 5.41) is 2.86. The van der Waals surface area contributed by atoms with Crippen LogP contribution in [0.3, 0.4) is 0 Å². The molecule has 0 saturated carbocycles. The molecule has 178 valence electrons. The molecule has 0 N–H and O–H groups in total. The number of ether oxygens (including phenoxy) is 1. The molecular formula is C33H36OSi. The van der Waals surface area contributed by atoms with E-state index in [0.29, 0.717) is 12.5 Å². The van der Waals surface area contributed by atoms with E-state index >= 15 is 0 Å². The lowest BCUT2D eigenvalue weighted by atomic mass is 9.97. The minimum atomic E-state index is -2.02. The Kier molecular flexibility index (Phi) is 8.89. The Balaban J connectivity index is 1.56. The number of aryl methyl sites for hydroxylation is 1. The molecule has 0 bridgehead atoms. The Hall–Kier alpha value is -3.20. The van der Waals surface area contributed by atoms with E-state index in [2.05, 4.69) is 147 Å². The minimum Gasteiger partial charge on any atom is -0.373 e. The van der Waals surface area contributed by atoms with Gasteiger partial charge >= 0.3 is 0 Å². The van der Waals surface area contributed by atoms with Crippen LogP contribution in [0.2, 0.25) is 6.55 Å². The van der Waals surface area contributed by atoms with E-state index in [1.54, 1.807) is 0 Å². The molecule has 0 aliphatic rings. The maximum atomic E-state index is 6.55. The molecule has 0 saturated heterocycles. The summed E-state index contributed by atoms with van der Waals surface area (Å²) in [4.78, 5) is 0. The molecule has 4 aromatic rings. The SMILES string of the molecule is C[C@H](/C=C/[Si](C)(c1ccccc1)c1ccccc1)[C@@H](CCc1ccccc1)OCc1ccccc1. The Morgan fingerprint density at radius 3 is 1.63 bits per heavy atom. The van der Waals surface area contributed by atoms with E-state index in [1.807, 2.05) is 0 Å². The molecule has 1 nitrogen and oxygen atoms in total. The molecule has 35 heavy (non-hydrogen) atoms. The number of hydrogen-bond acceptors (Lipinski definition) is 1. The summed E-state index contributed by atoms with van der Waals surface area (Å²) in [5.74, 6) is 0.307. The average Bonchev–Trinajstić information content (AvgIpc) is 2.93. The highest BCUT2D eigenvalue weighted by Gasteiger charge is 2.29. The fourth-order valence-corrected chi connectivity index (χ4v) is 7.80. The summed E-state index contributed by atoms with van der Waals surface area (Å²) in [5.41, 5.74) is 5.11. The Morgan fingerprint density at radius 1 is 0.657 bits per heavy atom. The van der Waals surface area contributed by atoms with Crippen molar-refractivity contribution in [2.75, 3.05) is 0 Å². The topological polar surface area (TPSA) is 9.23 Å². The van der Waals surface area contributed by atoms with Gasteiger partial charge in [0.2, 0.25) is 0 Å². The van der Waals surface area contributed by atoms with Crippen molar-refractivity contribution < 1.29 is 4.74 Å². The predicted octanol–water partition coefficient (Wildman–Crippen LogP) is 6.83.